The lowest BCUT2D eigenvalue weighted by Crippen LogP contribution is -2.15. The second kappa shape index (κ2) is 8.61. The maximum Gasteiger partial charge on any atom is 0.358 e. The number of rotatable bonds is 9. The third-order valence-electron chi connectivity index (χ3n) is 3.40. The Balaban J connectivity index is 2.36. The number of carbonyl (C=O) groups excluding carboxylic acids is 1. The molecule has 0 aromatic carbocycles. The number of nitrogens with zero attached hydrogens (tertiary/aromatic N) is 2. The molecule has 0 unspecified atom stereocenters. The number of aryl methyl sites for hydroxylation is 2. The first-order valence-corrected chi connectivity index (χ1v) is 7.61. The molecule has 20 heavy (non-hydrogen) atoms. The first kappa shape index (κ1) is 16.5. The van der Waals surface area contributed by atoms with Crippen molar-refractivity contribution in [1.82, 2.24) is 9.78 Å². The molecule has 1 aromatic heterocycles. The summed E-state index contributed by atoms with van der Waals surface area (Å²) in [6.45, 7) is 6.99. The minimum Gasteiger partial charge on any atom is -0.461 e. The van der Waals surface area contributed by atoms with Crippen molar-refractivity contribution >= 4 is 11.7 Å². The lowest BCUT2D eigenvalue weighted by molar-refractivity contribution is 0.0484. The SMILES string of the molecule is CCCCCCCCOC(=O)c1c(N)c(C)nn1CC. The zero-order valence-electron chi connectivity index (χ0n) is 12.9. The predicted molar refractivity (Wildman–Crippen MR) is 80.7 cm³/mol. The Morgan fingerprint density at radius 3 is 2.50 bits per heavy atom. The Bertz CT molecular complexity index is 427. The Labute approximate surface area is 121 Å². The van der Waals surface area contributed by atoms with E-state index in [0.29, 0.717) is 30.2 Å². The van der Waals surface area contributed by atoms with Gasteiger partial charge in [0.05, 0.1) is 18.0 Å². The van der Waals surface area contributed by atoms with Crippen molar-refractivity contribution in [1.29, 1.82) is 0 Å². The van der Waals surface area contributed by atoms with Crippen LogP contribution in [-0.4, -0.2) is 22.4 Å². The number of carbonyl (C=O) groups is 1. The summed E-state index contributed by atoms with van der Waals surface area (Å²) in [6.07, 6.45) is 7.02. The van der Waals surface area contributed by atoms with Crippen LogP contribution in [0.25, 0.3) is 0 Å². The predicted octanol–water partition coefficient (Wildman–Crippen LogP) is 3.31. The van der Waals surface area contributed by atoms with E-state index in [1.165, 1.54) is 25.7 Å². The van der Waals surface area contributed by atoms with Gasteiger partial charge in [0.2, 0.25) is 0 Å². The molecule has 0 aliphatic rings. The second-order valence-corrected chi connectivity index (χ2v) is 5.07. The number of nitrogens with two attached hydrogens (primary N) is 1. The zero-order valence-corrected chi connectivity index (χ0v) is 12.9. The van der Waals surface area contributed by atoms with E-state index in [9.17, 15) is 4.79 Å². The van der Waals surface area contributed by atoms with Crippen LogP contribution in [0, 0.1) is 6.92 Å². The molecule has 1 heterocycles. The molecule has 2 N–H and O–H groups in total. The first-order chi connectivity index (χ1) is 9.61. The summed E-state index contributed by atoms with van der Waals surface area (Å²) in [5.74, 6) is -0.362. The molecule has 0 aliphatic heterocycles. The number of nitrogen functional groups attached to an aromatic ring is 1. The van der Waals surface area contributed by atoms with Crippen LogP contribution in [0.2, 0.25) is 0 Å². The fraction of sp³-hybridized carbons (Fsp3) is 0.733. The van der Waals surface area contributed by atoms with Gasteiger partial charge < -0.3 is 10.5 Å². The summed E-state index contributed by atoms with van der Waals surface area (Å²) in [5, 5.41) is 4.22. The van der Waals surface area contributed by atoms with Gasteiger partial charge >= 0.3 is 5.97 Å². The third kappa shape index (κ3) is 4.54. The third-order valence-corrected chi connectivity index (χ3v) is 3.40. The topological polar surface area (TPSA) is 70.1 Å². The molecule has 0 saturated carbocycles. The Kier molecular flexibility index (Phi) is 7.12. The highest BCUT2D eigenvalue weighted by Gasteiger charge is 2.20. The monoisotopic (exact) mass is 281 g/mol. The van der Waals surface area contributed by atoms with Gasteiger partial charge in [0.25, 0.3) is 0 Å². The molecule has 1 aromatic rings. The molecule has 0 spiro atoms. The van der Waals surface area contributed by atoms with Crippen molar-refractivity contribution in [3.05, 3.63) is 11.4 Å². The maximum absolute atomic E-state index is 12.0. The minimum atomic E-state index is -0.362. The molecule has 0 aliphatic carbocycles. The van der Waals surface area contributed by atoms with Crippen molar-refractivity contribution in [3.63, 3.8) is 0 Å². The highest BCUT2D eigenvalue weighted by atomic mass is 16.5. The van der Waals surface area contributed by atoms with Gasteiger partial charge in [-0.15, -0.1) is 0 Å². The van der Waals surface area contributed by atoms with E-state index in [0.717, 1.165) is 12.8 Å². The minimum absolute atomic E-state index is 0.362. The van der Waals surface area contributed by atoms with Crippen LogP contribution in [0.5, 0.6) is 0 Å². The van der Waals surface area contributed by atoms with Crippen LogP contribution in [-0.2, 0) is 11.3 Å². The van der Waals surface area contributed by atoms with E-state index in [1.807, 2.05) is 6.92 Å². The fourth-order valence-electron chi connectivity index (χ4n) is 2.16. The standard InChI is InChI=1S/C15H27N3O2/c1-4-6-7-8-9-10-11-20-15(19)14-13(16)12(3)17-18(14)5-2/h4-11,16H2,1-3H3. The molecule has 0 fully saturated rings. The van der Waals surface area contributed by atoms with Gasteiger partial charge in [-0.1, -0.05) is 39.0 Å². The normalized spacial score (nSPS) is 10.8. The Morgan fingerprint density at radius 2 is 1.85 bits per heavy atom. The molecule has 0 radical (unpaired) electrons. The van der Waals surface area contributed by atoms with Gasteiger partial charge in [0, 0.05) is 6.54 Å². The highest BCUT2D eigenvalue weighted by Crippen LogP contribution is 2.17. The number of hydrogen-bond donors (Lipinski definition) is 1. The van der Waals surface area contributed by atoms with Gasteiger partial charge in [-0.3, -0.25) is 4.68 Å². The molecular formula is C15H27N3O2. The average molecular weight is 281 g/mol. The van der Waals surface area contributed by atoms with Gasteiger partial charge in [-0.25, -0.2) is 4.79 Å². The summed E-state index contributed by atoms with van der Waals surface area (Å²) in [5.41, 5.74) is 7.38. The number of esters is 1. The molecule has 0 amide bonds. The summed E-state index contributed by atoms with van der Waals surface area (Å²) in [4.78, 5) is 12.0. The molecule has 0 atom stereocenters. The van der Waals surface area contributed by atoms with Crippen molar-refractivity contribution in [3.8, 4) is 0 Å². The van der Waals surface area contributed by atoms with E-state index >= 15 is 0 Å². The van der Waals surface area contributed by atoms with E-state index in [1.54, 1.807) is 11.6 Å². The number of hydrogen-bond acceptors (Lipinski definition) is 4. The molecule has 0 bridgehead atoms. The summed E-state index contributed by atoms with van der Waals surface area (Å²) >= 11 is 0. The molecule has 114 valence electrons. The first-order valence-electron chi connectivity index (χ1n) is 7.61. The number of unbranched alkanes of at least 4 members (excludes halogenated alkanes) is 5. The summed E-state index contributed by atoms with van der Waals surface area (Å²) in [7, 11) is 0. The van der Waals surface area contributed by atoms with E-state index in [4.69, 9.17) is 10.5 Å². The van der Waals surface area contributed by atoms with Crippen molar-refractivity contribution in [2.75, 3.05) is 12.3 Å². The van der Waals surface area contributed by atoms with E-state index in [2.05, 4.69) is 12.0 Å². The van der Waals surface area contributed by atoms with Gasteiger partial charge in [0.1, 0.15) is 0 Å². The van der Waals surface area contributed by atoms with Gasteiger partial charge in [-0.05, 0) is 20.3 Å². The van der Waals surface area contributed by atoms with E-state index in [-0.39, 0.29) is 5.97 Å². The average Bonchev–Trinajstić information content (AvgIpc) is 2.73. The fourth-order valence-corrected chi connectivity index (χ4v) is 2.16. The maximum atomic E-state index is 12.0. The van der Waals surface area contributed by atoms with Crippen molar-refractivity contribution in [2.45, 2.75) is 65.8 Å². The van der Waals surface area contributed by atoms with Gasteiger partial charge in [0.15, 0.2) is 5.69 Å². The van der Waals surface area contributed by atoms with Crippen molar-refractivity contribution in [2.24, 2.45) is 0 Å². The molecule has 5 nitrogen and oxygen atoms in total. The van der Waals surface area contributed by atoms with Crippen LogP contribution in [0.3, 0.4) is 0 Å². The van der Waals surface area contributed by atoms with Crippen LogP contribution < -0.4 is 5.73 Å². The van der Waals surface area contributed by atoms with Crippen LogP contribution >= 0.6 is 0 Å². The van der Waals surface area contributed by atoms with Crippen LogP contribution in [0.4, 0.5) is 5.69 Å². The number of aromatic nitrogens is 2. The van der Waals surface area contributed by atoms with Gasteiger partial charge in [-0.2, -0.15) is 5.10 Å². The zero-order chi connectivity index (χ0) is 15.0. The van der Waals surface area contributed by atoms with Crippen molar-refractivity contribution < 1.29 is 9.53 Å². The Morgan fingerprint density at radius 1 is 1.20 bits per heavy atom. The highest BCUT2D eigenvalue weighted by molar-refractivity contribution is 5.93. The quantitative estimate of drug-likeness (QED) is 0.557. The number of ether oxygens (including phenoxy) is 1. The second-order valence-electron chi connectivity index (χ2n) is 5.07. The number of anilines is 1. The molecule has 0 saturated heterocycles. The summed E-state index contributed by atoms with van der Waals surface area (Å²) in [6, 6.07) is 0. The summed E-state index contributed by atoms with van der Waals surface area (Å²) < 4.78 is 6.90. The lowest BCUT2D eigenvalue weighted by Gasteiger charge is -2.07. The van der Waals surface area contributed by atoms with Crippen LogP contribution in [0.15, 0.2) is 0 Å². The smallest absolute Gasteiger partial charge is 0.358 e. The van der Waals surface area contributed by atoms with Crippen LogP contribution in [0.1, 0.15) is 68.6 Å². The van der Waals surface area contributed by atoms with E-state index < -0.39 is 0 Å². The lowest BCUT2D eigenvalue weighted by atomic mass is 10.1. The Hall–Kier alpha value is -1.52. The molecule has 5 heteroatoms. The largest absolute Gasteiger partial charge is 0.461 e. The molecule has 1 rings (SSSR count). The molecular weight excluding hydrogens is 254 g/mol.